The molecule has 0 saturated heterocycles. The highest BCUT2D eigenvalue weighted by molar-refractivity contribution is 5.75. The molecule has 0 saturated carbocycles. The molecule has 0 heterocycles. The van der Waals surface area contributed by atoms with Gasteiger partial charge in [0, 0.05) is 31.5 Å². The van der Waals surface area contributed by atoms with E-state index in [9.17, 15) is 9.18 Å². The van der Waals surface area contributed by atoms with E-state index in [1.54, 1.807) is 18.2 Å². The number of unbranched alkanes of at least 4 members (excludes halogenated alkanes) is 1. The third kappa shape index (κ3) is 8.09. The Morgan fingerprint density at radius 2 is 2.05 bits per heavy atom. The van der Waals surface area contributed by atoms with E-state index < -0.39 is 0 Å². The molecular weight excluding hydrogens is 271 g/mol. The van der Waals surface area contributed by atoms with E-state index >= 15 is 0 Å². The predicted molar refractivity (Wildman–Crippen MR) is 82.3 cm³/mol. The molecule has 0 bridgehead atoms. The first-order valence-corrected chi connectivity index (χ1v) is 7.27. The highest BCUT2D eigenvalue weighted by Gasteiger charge is 1.97. The minimum Gasteiger partial charge on any atom is -0.381 e. The van der Waals surface area contributed by atoms with Crippen LogP contribution in [-0.2, 0) is 4.74 Å². The Morgan fingerprint density at radius 1 is 1.29 bits per heavy atom. The average Bonchev–Trinajstić information content (AvgIpc) is 2.48. The average molecular weight is 294 g/mol. The molecule has 0 aliphatic carbocycles. The molecule has 0 radical (unpaired) electrons. The maximum atomic E-state index is 13.3. The van der Waals surface area contributed by atoms with Crippen LogP contribution in [0.3, 0.4) is 0 Å². The number of carbonyl (C=O) groups excluding carboxylic acids is 1. The molecule has 0 spiro atoms. The molecule has 0 aliphatic heterocycles. The zero-order valence-corrected chi connectivity index (χ0v) is 12.4. The van der Waals surface area contributed by atoms with Crippen LogP contribution in [0.2, 0.25) is 0 Å². The number of nitrogens with one attached hydrogen (secondary N) is 2. The normalized spacial score (nSPS) is 10.8. The third-order valence-electron chi connectivity index (χ3n) is 2.78. The number of rotatable bonds is 9. The van der Waals surface area contributed by atoms with Crippen molar-refractivity contribution in [2.45, 2.75) is 26.2 Å². The quantitative estimate of drug-likeness (QED) is 0.687. The molecule has 116 valence electrons. The smallest absolute Gasteiger partial charge is 0.318 e. The summed E-state index contributed by atoms with van der Waals surface area (Å²) < 4.78 is 18.7. The van der Waals surface area contributed by atoms with Crippen LogP contribution < -0.4 is 10.6 Å². The molecule has 0 aliphatic rings. The summed E-state index contributed by atoms with van der Waals surface area (Å²) in [5.41, 5.74) is 0.433. The molecular formula is C16H23FN2O2. The van der Waals surface area contributed by atoms with Gasteiger partial charge in [-0.2, -0.15) is 0 Å². The van der Waals surface area contributed by atoms with Crippen LogP contribution in [0.5, 0.6) is 0 Å². The summed E-state index contributed by atoms with van der Waals surface area (Å²) >= 11 is 0. The van der Waals surface area contributed by atoms with E-state index in [0.717, 1.165) is 25.9 Å². The van der Waals surface area contributed by atoms with Crippen LogP contribution >= 0.6 is 0 Å². The molecule has 4 nitrogen and oxygen atoms in total. The number of carbonyl (C=O) groups is 1. The van der Waals surface area contributed by atoms with Crippen molar-refractivity contribution in [3.05, 3.63) is 41.8 Å². The molecule has 1 aromatic rings. The summed E-state index contributed by atoms with van der Waals surface area (Å²) in [7, 11) is 0. The van der Waals surface area contributed by atoms with Gasteiger partial charge in [0.25, 0.3) is 0 Å². The number of benzene rings is 1. The van der Waals surface area contributed by atoms with Gasteiger partial charge in [-0.15, -0.1) is 0 Å². The van der Waals surface area contributed by atoms with Gasteiger partial charge in [-0.25, -0.2) is 9.18 Å². The van der Waals surface area contributed by atoms with Gasteiger partial charge >= 0.3 is 6.03 Å². The fourth-order valence-electron chi connectivity index (χ4n) is 1.59. The van der Waals surface area contributed by atoms with Crippen molar-refractivity contribution in [2.75, 3.05) is 19.8 Å². The van der Waals surface area contributed by atoms with Crippen molar-refractivity contribution in [2.24, 2.45) is 0 Å². The molecule has 0 aromatic heterocycles. The Balaban J connectivity index is 2.10. The number of amides is 2. The van der Waals surface area contributed by atoms with Crippen molar-refractivity contribution in [1.82, 2.24) is 10.6 Å². The van der Waals surface area contributed by atoms with Gasteiger partial charge in [0.1, 0.15) is 5.82 Å². The molecule has 1 rings (SSSR count). The molecule has 0 fully saturated rings. The second kappa shape index (κ2) is 10.9. The lowest BCUT2D eigenvalue weighted by molar-refractivity contribution is 0.129. The van der Waals surface area contributed by atoms with Gasteiger partial charge < -0.3 is 15.4 Å². The van der Waals surface area contributed by atoms with Gasteiger partial charge in [0.2, 0.25) is 0 Å². The first kappa shape index (κ1) is 17.2. The van der Waals surface area contributed by atoms with Crippen LogP contribution in [0.25, 0.3) is 6.08 Å². The minimum atomic E-state index is -0.319. The number of hydrogen-bond donors (Lipinski definition) is 2. The Labute approximate surface area is 125 Å². The van der Waals surface area contributed by atoms with Gasteiger partial charge in [-0.3, -0.25) is 0 Å². The number of hydrogen-bond acceptors (Lipinski definition) is 2. The summed E-state index contributed by atoms with van der Waals surface area (Å²) in [4.78, 5) is 11.4. The van der Waals surface area contributed by atoms with Gasteiger partial charge in [-0.05, 0) is 25.0 Å². The van der Waals surface area contributed by atoms with E-state index in [1.165, 1.54) is 18.3 Å². The van der Waals surface area contributed by atoms with Crippen LogP contribution in [0, 0.1) is 5.82 Å². The molecule has 0 atom stereocenters. The first-order chi connectivity index (χ1) is 10.2. The van der Waals surface area contributed by atoms with E-state index in [-0.39, 0.29) is 11.8 Å². The topological polar surface area (TPSA) is 50.4 Å². The van der Waals surface area contributed by atoms with Gasteiger partial charge in [-0.1, -0.05) is 31.5 Å². The maximum Gasteiger partial charge on any atom is 0.318 e. The Hall–Kier alpha value is -1.88. The lowest BCUT2D eigenvalue weighted by atomic mass is 10.2. The number of halogens is 1. The number of urea groups is 1. The zero-order chi connectivity index (χ0) is 15.3. The lowest BCUT2D eigenvalue weighted by Crippen LogP contribution is -2.33. The first-order valence-electron chi connectivity index (χ1n) is 7.27. The van der Waals surface area contributed by atoms with Crippen LogP contribution in [-0.4, -0.2) is 25.8 Å². The number of ether oxygens (including phenoxy) is 1. The highest BCUT2D eigenvalue weighted by atomic mass is 19.1. The summed E-state index contributed by atoms with van der Waals surface area (Å²) in [6.07, 6.45) is 5.90. The van der Waals surface area contributed by atoms with Crippen molar-refractivity contribution in [1.29, 1.82) is 0 Å². The molecule has 0 unspecified atom stereocenters. The molecule has 2 N–H and O–H groups in total. The van der Waals surface area contributed by atoms with Gasteiger partial charge in [0.05, 0.1) is 0 Å². The van der Waals surface area contributed by atoms with Crippen LogP contribution in [0.1, 0.15) is 31.7 Å². The fraction of sp³-hybridized carbons (Fsp3) is 0.438. The second-order valence-corrected chi connectivity index (χ2v) is 4.57. The largest absolute Gasteiger partial charge is 0.381 e. The summed E-state index contributed by atoms with van der Waals surface area (Å²) in [6.45, 7) is 4.08. The zero-order valence-electron chi connectivity index (χ0n) is 12.4. The fourth-order valence-corrected chi connectivity index (χ4v) is 1.59. The summed E-state index contributed by atoms with van der Waals surface area (Å²) in [5, 5.41) is 5.23. The SMILES string of the molecule is CCCCOCCCNC(=O)N/C=C/c1ccccc1F. The molecule has 2 amide bonds. The minimum absolute atomic E-state index is 0.309. The standard InChI is InChI=1S/C16H23FN2O2/c1-2-3-12-21-13-6-10-18-16(20)19-11-9-14-7-4-5-8-15(14)17/h4-5,7-9,11H,2-3,6,10,12-13H2,1H3,(H2,18,19,20)/b11-9+. The van der Waals surface area contributed by atoms with Crippen molar-refractivity contribution >= 4 is 12.1 Å². The highest BCUT2D eigenvalue weighted by Crippen LogP contribution is 2.07. The monoisotopic (exact) mass is 294 g/mol. The predicted octanol–water partition coefficient (Wildman–Crippen LogP) is 3.30. The Bertz CT molecular complexity index is 450. The maximum absolute atomic E-state index is 13.3. The van der Waals surface area contributed by atoms with Gasteiger partial charge in [0.15, 0.2) is 0 Å². The summed E-state index contributed by atoms with van der Waals surface area (Å²) in [5.74, 6) is -0.319. The molecule has 5 heteroatoms. The summed E-state index contributed by atoms with van der Waals surface area (Å²) in [6, 6.07) is 6.06. The second-order valence-electron chi connectivity index (χ2n) is 4.57. The van der Waals surface area contributed by atoms with E-state index in [4.69, 9.17) is 4.74 Å². The lowest BCUT2D eigenvalue weighted by Gasteiger charge is -2.05. The third-order valence-corrected chi connectivity index (χ3v) is 2.78. The van der Waals surface area contributed by atoms with Crippen LogP contribution in [0.15, 0.2) is 30.5 Å². The van der Waals surface area contributed by atoms with Crippen molar-refractivity contribution in [3.63, 3.8) is 0 Å². The molecule has 1 aromatic carbocycles. The van der Waals surface area contributed by atoms with E-state index in [2.05, 4.69) is 17.6 Å². The molecule has 21 heavy (non-hydrogen) atoms. The van der Waals surface area contributed by atoms with Crippen molar-refractivity contribution < 1.29 is 13.9 Å². The Kier molecular flexibility index (Phi) is 8.88. The Morgan fingerprint density at radius 3 is 2.81 bits per heavy atom. The van der Waals surface area contributed by atoms with E-state index in [1.807, 2.05) is 0 Å². The van der Waals surface area contributed by atoms with E-state index in [0.29, 0.717) is 18.7 Å². The van der Waals surface area contributed by atoms with Crippen molar-refractivity contribution in [3.8, 4) is 0 Å². The van der Waals surface area contributed by atoms with Crippen LogP contribution in [0.4, 0.5) is 9.18 Å².